The molecular formula is C12H15BrN2O4. The molecule has 1 amide bonds. The number of methoxy groups -OCH3 is 1. The van der Waals surface area contributed by atoms with Crippen LogP contribution in [0.15, 0.2) is 22.7 Å². The van der Waals surface area contributed by atoms with E-state index in [0.717, 1.165) is 10.0 Å². The maximum atomic E-state index is 11.7. The largest absolute Gasteiger partial charge is 0.496 e. The first kappa shape index (κ1) is 15.5. The Labute approximate surface area is 119 Å². The SMILES string of the molecule is COc1ccc(CN(C)C(=O)C(N)C(=O)O)cc1Br. The van der Waals surface area contributed by atoms with Gasteiger partial charge in [-0.05, 0) is 33.6 Å². The molecule has 104 valence electrons. The zero-order valence-electron chi connectivity index (χ0n) is 10.6. The Morgan fingerprint density at radius 2 is 2.16 bits per heavy atom. The zero-order valence-corrected chi connectivity index (χ0v) is 12.2. The van der Waals surface area contributed by atoms with E-state index in [1.165, 1.54) is 11.9 Å². The van der Waals surface area contributed by atoms with Gasteiger partial charge in [-0.2, -0.15) is 0 Å². The number of hydrogen-bond donors (Lipinski definition) is 2. The van der Waals surface area contributed by atoms with Gasteiger partial charge < -0.3 is 20.5 Å². The standard InChI is InChI=1S/C12H15BrN2O4/c1-15(11(16)10(14)12(17)18)6-7-3-4-9(19-2)8(13)5-7/h3-5,10H,6,14H2,1-2H3,(H,17,18). The molecule has 0 fully saturated rings. The van der Waals surface area contributed by atoms with Gasteiger partial charge in [-0.3, -0.25) is 4.79 Å². The van der Waals surface area contributed by atoms with Crippen LogP contribution in [0.3, 0.4) is 0 Å². The Morgan fingerprint density at radius 3 is 2.63 bits per heavy atom. The maximum absolute atomic E-state index is 11.7. The second-order valence-corrected chi connectivity index (χ2v) is 4.83. The lowest BCUT2D eigenvalue weighted by Crippen LogP contribution is -2.46. The number of hydrogen-bond acceptors (Lipinski definition) is 4. The molecule has 0 spiro atoms. The fourth-order valence-corrected chi connectivity index (χ4v) is 2.09. The molecule has 1 aromatic rings. The predicted octanol–water partition coefficient (Wildman–Crippen LogP) is 0.828. The molecule has 7 heteroatoms. The van der Waals surface area contributed by atoms with Crippen molar-refractivity contribution in [2.24, 2.45) is 5.73 Å². The Balaban J connectivity index is 2.77. The van der Waals surface area contributed by atoms with Crippen LogP contribution in [0.2, 0.25) is 0 Å². The Morgan fingerprint density at radius 1 is 1.53 bits per heavy atom. The molecule has 0 aliphatic heterocycles. The molecule has 0 aliphatic carbocycles. The quantitative estimate of drug-likeness (QED) is 0.780. The highest BCUT2D eigenvalue weighted by Crippen LogP contribution is 2.25. The minimum absolute atomic E-state index is 0.266. The van der Waals surface area contributed by atoms with Crippen LogP contribution in [-0.2, 0) is 16.1 Å². The first-order valence-electron chi connectivity index (χ1n) is 5.42. The number of likely N-dealkylation sites (N-methyl/N-ethyl adjacent to an activating group) is 1. The van der Waals surface area contributed by atoms with Crippen LogP contribution in [-0.4, -0.2) is 42.1 Å². The third-order valence-electron chi connectivity index (χ3n) is 2.54. The molecule has 0 heterocycles. The lowest BCUT2D eigenvalue weighted by Gasteiger charge is -2.19. The van der Waals surface area contributed by atoms with Crippen LogP contribution in [0.4, 0.5) is 0 Å². The van der Waals surface area contributed by atoms with E-state index in [2.05, 4.69) is 15.9 Å². The molecule has 1 rings (SSSR count). The van der Waals surface area contributed by atoms with E-state index in [1.54, 1.807) is 25.3 Å². The van der Waals surface area contributed by atoms with Gasteiger partial charge in [0.1, 0.15) is 5.75 Å². The first-order valence-corrected chi connectivity index (χ1v) is 6.22. The first-order chi connectivity index (χ1) is 8.86. The number of carboxylic acid groups (broad SMARTS) is 1. The van der Waals surface area contributed by atoms with Gasteiger partial charge in [0.2, 0.25) is 0 Å². The summed E-state index contributed by atoms with van der Waals surface area (Å²) in [5.74, 6) is -1.30. The van der Waals surface area contributed by atoms with Crippen molar-refractivity contribution in [3.8, 4) is 5.75 Å². The highest BCUT2D eigenvalue weighted by atomic mass is 79.9. The summed E-state index contributed by atoms with van der Waals surface area (Å²) in [5.41, 5.74) is 6.10. The molecule has 1 aromatic carbocycles. The number of carbonyl (C=O) groups excluding carboxylic acids is 1. The maximum Gasteiger partial charge on any atom is 0.330 e. The van der Waals surface area contributed by atoms with E-state index in [1.807, 2.05) is 0 Å². The number of carboxylic acids is 1. The van der Waals surface area contributed by atoms with Gasteiger partial charge >= 0.3 is 5.97 Å². The molecule has 0 bridgehead atoms. The highest BCUT2D eigenvalue weighted by molar-refractivity contribution is 9.10. The van der Waals surface area contributed by atoms with E-state index in [-0.39, 0.29) is 6.54 Å². The molecule has 3 N–H and O–H groups in total. The Hall–Kier alpha value is -1.60. The summed E-state index contributed by atoms with van der Waals surface area (Å²) in [6.45, 7) is 0.266. The number of amides is 1. The molecule has 0 saturated heterocycles. The van der Waals surface area contributed by atoms with Crippen molar-refractivity contribution in [3.05, 3.63) is 28.2 Å². The van der Waals surface area contributed by atoms with Crippen molar-refractivity contribution in [1.29, 1.82) is 0 Å². The van der Waals surface area contributed by atoms with E-state index >= 15 is 0 Å². The number of benzene rings is 1. The van der Waals surface area contributed by atoms with Crippen molar-refractivity contribution in [3.63, 3.8) is 0 Å². The molecule has 0 aliphatic rings. The third kappa shape index (κ3) is 3.93. The van der Waals surface area contributed by atoms with E-state index in [0.29, 0.717) is 5.75 Å². The van der Waals surface area contributed by atoms with E-state index in [9.17, 15) is 9.59 Å². The second kappa shape index (κ2) is 6.53. The summed E-state index contributed by atoms with van der Waals surface area (Å²) in [5, 5.41) is 8.68. The molecule has 0 aromatic heterocycles. The van der Waals surface area contributed by atoms with Gasteiger partial charge in [0.15, 0.2) is 6.04 Å². The molecule has 6 nitrogen and oxygen atoms in total. The summed E-state index contributed by atoms with van der Waals surface area (Å²) in [6, 6.07) is 3.82. The molecule has 19 heavy (non-hydrogen) atoms. The summed E-state index contributed by atoms with van der Waals surface area (Å²) < 4.78 is 5.86. The second-order valence-electron chi connectivity index (χ2n) is 3.98. The monoisotopic (exact) mass is 330 g/mol. The minimum Gasteiger partial charge on any atom is -0.496 e. The topological polar surface area (TPSA) is 92.9 Å². The zero-order chi connectivity index (χ0) is 14.6. The van der Waals surface area contributed by atoms with Crippen LogP contribution >= 0.6 is 15.9 Å². The summed E-state index contributed by atoms with van der Waals surface area (Å²) in [4.78, 5) is 23.6. The van der Waals surface area contributed by atoms with Crippen LogP contribution in [0.25, 0.3) is 0 Å². The van der Waals surface area contributed by atoms with Crippen molar-refractivity contribution >= 4 is 27.8 Å². The number of carbonyl (C=O) groups is 2. The minimum atomic E-state index is -1.54. The van der Waals surface area contributed by atoms with Gasteiger partial charge in [0.25, 0.3) is 5.91 Å². The van der Waals surface area contributed by atoms with Crippen LogP contribution in [0.5, 0.6) is 5.75 Å². The Kier molecular flexibility index (Phi) is 5.31. The summed E-state index contributed by atoms with van der Waals surface area (Å²) in [6.07, 6.45) is 0. The van der Waals surface area contributed by atoms with Crippen molar-refractivity contribution in [2.45, 2.75) is 12.6 Å². The molecular weight excluding hydrogens is 316 g/mol. The molecule has 1 unspecified atom stereocenters. The number of ether oxygens (including phenoxy) is 1. The van der Waals surface area contributed by atoms with Gasteiger partial charge in [-0.15, -0.1) is 0 Å². The Bertz CT molecular complexity index is 493. The summed E-state index contributed by atoms with van der Waals surface area (Å²) in [7, 11) is 3.06. The number of nitrogens with two attached hydrogens (primary N) is 1. The number of rotatable bonds is 5. The lowest BCUT2D eigenvalue weighted by molar-refractivity contribution is -0.146. The van der Waals surface area contributed by atoms with E-state index in [4.69, 9.17) is 15.6 Å². The van der Waals surface area contributed by atoms with Crippen LogP contribution in [0.1, 0.15) is 5.56 Å². The lowest BCUT2D eigenvalue weighted by atomic mass is 10.2. The smallest absolute Gasteiger partial charge is 0.330 e. The van der Waals surface area contributed by atoms with Gasteiger partial charge in [0, 0.05) is 13.6 Å². The fraction of sp³-hybridized carbons (Fsp3) is 0.333. The van der Waals surface area contributed by atoms with Crippen molar-refractivity contribution < 1.29 is 19.4 Å². The number of aliphatic carboxylic acids is 1. The molecule has 0 saturated carbocycles. The normalized spacial score (nSPS) is 11.8. The predicted molar refractivity (Wildman–Crippen MR) is 72.8 cm³/mol. The number of halogens is 1. The van der Waals surface area contributed by atoms with Crippen LogP contribution < -0.4 is 10.5 Å². The highest BCUT2D eigenvalue weighted by Gasteiger charge is 2.24. The average Bonchev–Trinajstić information content (AvgIpc) is 2.37. The van der Waals surface area contributed by atoms with Crippen molar-refractivity contribution in [1.82, 2.24) is 4.90 Å². The van der Waals surface area contributed by atoms with Crippen LogP contribution in [0, 0.1) is 0 Å². The van der Waals surface area contributed by atoms with E-state index < -0.39 is 17.9 Å². The van der Waals surface area contributed by atoms with Gasteiger partial charge in [-0.25, -0.2) is 4.79 Å². The number of nitrogens with zero attached hydrogens (tertiary/aromatic N) is 1. The summed E-state index contributed by atoms with van der Waals surface area (Å²) >= 11 is 3.34. The van der Waals surface area contributed by atoms with Crippen molar-refractivity contribution in [2.75, 3.05) is 14.2 Å². The fourth-order valence-electron chi connectivity index (χ4n) is 1.50. The average molecular weight is 331 g/mol. The molecule has 1 atom stereocenters. The van der Waals surface area contributed by atoms with Gasteiger partial charge in [-0.1, -0.05) is 6.07 Å². The molecule has 0 radical (unpaired) electrons. The third-order valence-corrected chi connectivity index (χ3v) is 3.16. The van der Waals surface area contributed by atoms with Gasteiger partial charge in [0.05, 0.1) is 11.6 Å².